The van der Waals surface area contributed by atoms with E-state index < -0.39 is 0 Å². The predicted molar refractivity (Wildman–Crippen MR) is 85.4 cm³/mol. The largest absolute Gasteiger partial charge is 0.326 e. The van der Waals surface area contributed by atoms with Crippen molar-refractivity contribution >= 4 is 22.6 Å². The van der Waals surface area contributed by atoms with Gasteiger partial charge < -0.3 is 5.73 Å². The highest BCUT2D eigenvalue weighted by Crippen LogP contribution is 2.22. The third-order valence-electron chi connectivity index (χ3n) is 3.66. The SMILES string of the molecule is C[C@H](N)[C@H](Cc1ccc(Cl)cc1)n1nnc2ccccc21. The van der Waals surface area contributed by atoms with E-state index in [-0.39, 0.29) is 12.1 Å². The summed E-state index contributed by atoms with van der Waals surface area (Å²) >= 11 is 5.94. The molecule has 1 aromatic heterocycles. The molecule has 0 unspecified atom stereocenters. The Bertz CT molecular complexity index is 733. The molecule has 3 aromatic rings. The van der Waals surface area contributed by atoms with Crippen molar-refractivity contribution in [1.29, 1.82) is 0 Å². The molecule has 0 bridgehead atoms. The van der Waals surface area contributed by atoms with Crippen LogP contribution in [0, 0.1) is 0 Å². The second kappa shape index (κ2) is 5.84. The van der Waals surface area contributed by atoms with Gasteiger partial charge in [-0.25, -0.2) is 4.68 Å². The first-order valence-corrected chi connectivity index (χ1v) is 7.33. The van der Waals surface area contributed by atoms with Gasteiger partial charge in [-0.15, -0.1) is 5.10 Å². The Morgan fingerprint density at radius 2 is 1.86 bits per heavy atom. The van der Waals surface area contributed by atoms with E-state index in [9.17, 15) is 0 Å². The monoisotopic (exact) mass is 300 g/mol. The summed E-state index contributed by atoms with van der Waals surface area (Å²) < 4.78 is 1.93. The topological polar surface area (TPSA) is 56.7 Å². The third kappa shape index (κ3) is 2.91. The molecular weight excluding hydrogens is 284 g/mol. The van der Waals surface area contributed by atoms with Crippen LogP contribution in [0.15, 0.2) is 48.5 Å². The van der Waals surface area contributed by atoms with Gasteiger partial charge in [0, 0.05) is 11.1 Å². The van der Waals surface area contributed by atoms with E-state index in [2.05, 4.69) is 10.3 Å². The van der Waals surface area contributed by atoms with Crippen LogP contribution in [0.5, 0.6) is 0 Å². The van der Waals surface area contributed by atoms with Crippen LogP contribution < -0.4 is 5.73 Å². The van der Waals surface area contributed by atoms with E-state index in [0.717, 1.165) is 22.5 Å². The molecule has 0 aliphatic heterocycles. The third-order valence-corrected chi connectivity index (χ3v) is 3.91. The fourth-order valence-electron chi connectivity index (χ4n) is 2.49. The summed E-state index contributed by atoms with van der Waals surface area (Å²) in [4.78, 5) is 0. The van der Waals surface area contributed by atoms with Crippen molar-refractivity contribution < 1.29 is 0 Å². The van der Waals surface area contributed by atoms with E-state index in [1.165, 1.54) is 5.56 Å². The van der Waals surface area contributed by atoms with Crippen LogP contribution in [0.3, 0.4) is 0 Å². The molecule has 2 N–H and O–H groups in total. The lowest BCUT2D eigenvalue weighted by Gasteiger charge is -2.21. The molecule has 1 heterocycles. The maximum Gasteiger partial charge on any atom is 0.113 e. The average Bonchev–Trinajstić information content (AvgIpc) is 2.90. The molecule has 2 aromatic carbocycles. The number of nitrogens with two attached hydrogens (primary N) is 1. The van der Waals surface area contributed by atoms with Crippen LogP contribution in [0.25, 0.3) is 11.0 Å². The van der Waals surface area contributed by atoms with Gasteiger partial charge in [0.25, 0.3) is 0 Å². The maximum absolute atomic E-state index is 6.18. The number of rotatable bonds is 4. The highest BCUT2D eigenvalue weighted by atomic mass is 35.5. The molecule has 4 nitrogen and oxygen atoms in total. The minimum atomic E-state index is -0.0363. The first-order valence-electron chi connectivity index (χ1n) is 6.95. The second-order valence-electron chi connectivity index (χ2n) is 5.28. The Morgan fingerprint density at radius 3 is 2.57 bits per heavy atom. The lowest BCUT2D eigenvalue weighted by molar-refractivity contribution is 0.393. The van der Waals surface area contributed by atoms with Crippen molar-refractivity contribution in [3.8, 4) is 0 Å². The van der Waals surface area contributed by atoms with Crippen molar-refractivity contribution in [3.63, 3.8) is 0 Å². The summed E-state index contributed by atoms with van der Waals surface area (Å²) in [6.07, 6.45) is 0.794. The first-order chi connectivity index (χ1) is 10.1. The van der Waals surface area contributed by atoms with Gasteiger partial charge >= 0.3 is 0 Å². The number of fused-ring (bicyclic) bond motifs is 1. The van der Waals surface area contributed by atoms with E-state index in [4.69, 9.17) is 17.3 Å². The van der Waals surface area contributed by atoms with E-state index >= 15 is 0 Å². The highest BCUT2D eigenvalue weighted by Gasteiger charge is 2.20. The average molecular weight is 301 g/mol. The minimum Gasteiger partial charge on any atom is -0.326 e. The number of hydrogen-bond donors (Lipinski definition) is 1. The van der Waals surface area contributed by atoms with Gasteiger partial charge in [0.2, 0.25) is 0 Å². The van der Waals surface area contributed by atoms with Gasteiger partial charge in [-0.2, -0.15) is 0 Å². The lowest BCUT2D eigenvalue weighted by atomic mass is 10.0. The Balaban J connectivity index is 1.96. The summed E-state index contributed by atoms with van der Waals surface area (Å²) in [7, 11) is 0. The molecule has 0 aliphatic carbocycles. The number of aromatic nitrogens is 3. The van der Waals surface area contributed by atoms with Crippen LogP contribution in [0.2, 0.25) is 5.02 Å². The fraction of sp³-hybridized carbons (Fsp3) is 0.250. The number of halogens is 1. The summed E-state index contributed by atoms with van der Waals surface area (Å²) in [5, 5.41) is 9.24. The van der Waals surface area contributed by atoms with Gasteiger partial charge in [-0.1, -0.05) is 41.1 Å². The van der Waals surface area contributed by atoms with E-state index in [1.807, 2.05) is 60.1 Å². The zero-order valence-electron chi connectivity index (χ0n) is 11.8. The summed E-state index contributed by atoms with van der Waals surface area (Å²) in [5.41, 5.74) is 9.26. The van der Waals surface area contributed by atoms with Gasteiger partial charge in [0.1, 0.15) is 5.52 Å². The lowest BCUT2D eigenvalue weighted by Crippen LogP contribution is -2.31. The van der Waals surface area contributed by atoms with Gasteiger partial charge in [0.15, 0.2) is 0 Å². The number of para-hydroxylation sites is 1. The minimum absolute atomic E-state index is 0.0363. The standard InChI is InChI=1S/C16H17ClN4/c1-11(18)16(10-12-6-8-13(17)9-7-12)21-15-5-3-2-4-14(15)19-20-21/h2-9,11,16H,10,18H2,1H3/t11-,16-/m0/s1. The predicted octanol–water partition coefficient (Wildman–Crippen LogP) is 3.22. The normalized spacial score (nSPS) is 14.2. The van der Waals surface area contributed by atoms with Gasteiger partial charge in [-0.3, -0.25) is 0 Å². The molecule has 2 atom stereocenters. The molecule has 3 rings (SSSR count). The molecule has 0 fully saturated rings. The van der Waals surface area contributed by atoms with Gasteiger partial charge in [0.05, 0.1) is 11.6 Å². The molecule has 0 saturated heterocycles. The number of benzene rings is 2. The molecule has 108 valence electrons. The molecule has 21 heavy (non-hydrogen) atoms. The van der Waals surface area contributed by atoms with E-state index in [0.29, 0.717) is 0 Å². The molecule has 0 amide bonds. The summed E-state index contributed by atoms with van der Waals surface area (Å²) in [6.45, 7) is 2.00. The second-order valence-corrected chi connectivity index (χ2v) is 5.72. The number of hydrogen-bond acceptors (Lipinski definition) is 3. The molecular formula is C16H17ClN4. The Kier molecular flexibility index (Phi) is 3.90. The molecule has 0 aliphatic rings. The zero-order chi connectivity index (χ0) is 14.8. The molecule has 0 saturated carbocycles. The van der Waals surface area contributed by atoms with E-state index in [1.54, 1.807) is 0 Å². The Morgan fingerprint density at radius 1 is 1.14 bits per heavy atom. The Hall–Kier alpha value is -1.91. The summed E-state index contributed by atoms with van der Waals surface area (Å²) in [5.74, 6) is 0. The van der Waals surface area contributed by atoms with Crippen molar-refractivity contribution in [1.82, 2.24) is 15.0 Å². The smallest absolute Gasteiger partial charge is 0.113 e. The maximum atomic E-state index is 6.18. The van der Waals surface area contributed by atoms with Crippen molar-refractivity contribution in [2.45, 2.75) is 25.4 Å². The van der Waals surface area contributed by atoms with Crippen LogP contribution in [0.4, 0.5) is 0 Å². The van der Waals surface area contributed by atoms with Crippen LogP contribution in [0.1, 0.15) is 18.5 Å². The van der Waals surface area contributed by atoms with Crippen molar-refractivity contribution in [2.24, 2.45) is 5.73 Å². The van der Waals surface area contributed by atoms with Crippen LogP contribution >= 0.6 is 11.6 Å². The van der Waals surface area contributed by atoms with Crippen molar-refractivity contribution in [3.05, 3.63) is 59.1 Å². The highest BCUT2D eigenvalue weighted by molar-refractivity contribution is 6.30. The fourth-order valence-corrected chi connectivity index (χ4v) is 2.62. The Labute approximate surface area is 128 Å². The molecule has 0 radical (unpaired) electrons. The van der Waals surface area contributed by atoms with Gasteiger partial charge in [-0.05, 0) is 43.2 Å². The quantitative estimate of drug-likeness (QED) is 0.805. The zero-order valence-corrected chi connectivity index (χ0v) is 12.5. The molecule has 5 heteroatoms. The molecule has 0 spiro atoms. The van der Waals surface area contributed by atoms with Crippen LogP contribution in [-0.4, -0.2) is 21.0 Å². The van der Waals surface area contributed by atoms with Crippen molar-refractivity contribution in [2.75, 3.05) is 0 Å². The summed E-state index contributed by atoms with van der Waals surface area (Å²) in [6, 6.07) is 15.8. The van der Waals surface area contributed by atoms with Crippen LogP contribution in [-0.2, 0) is 6.42 Å². The first kappa shape index (κ1) is 14.0. The number of nitrogens with zero attached hydrogens (tertiary/aromatic N) is 3.